The zero-order valence-corrected chi connectivity index (χ0v) is 18.1. The van der Waals surface area contributed by atoms with Gasteiger partial charge in [-0.3, -0.25) is 19.3 Å². The third-order valence-electron chi connectivity index (χ3n) is 5.73. The van der Waals surface area contributed by atoms with E-state index in [-0.39, 0.29) is 24.1 Å². The van der Waals surface area contributed by atoms with Crippen molar-refractivity contribution in [1.29, 1.82) is 0 Å². The maximum atomic E-state index is 13.6. The molecule has 1 N–H and O–H groups in total. The van der Waals surface area contributed by atoms with E-state index in [1.165, 1.54) is 14.2 Å². The van der Waals surface area contributed by atoms with Gasteiger partial charge in [0.1, 0.15) is 6.17 Å². The molecule has 1 atom stereocenters. The Morgan fingerprint density at radius 1 is 1.12 bits per heavy atom. The fourth-order valence-corrected chi connectivity index (χ4v) is 4.34. The van der Waals surface area contributed by atoms with Crippen LogP contribution >= 0.6 is 0 Å². The molecule has 2 aromatic carbocycles. The van der Waals surface area contributed by atoms with Crippen molar-refractivity contribution in [3.05, 3.63) is 65.7 Å². The molecule has 2 heterocycles. The van der Waals surface area contributed by atoms with Crippen LogP contribution in [0, 0.1) is 0 Å². The minimum atomic E-state index is -0.615. The first-order valence-corrected chi connectivity index (χ1v) is 10.4. The molecule has 32 heavy (non-hydrogen) atoms. The van der Waals surface area contributed by atoms with Gasteiger partial charge in [0.15, 0.2) is 11.5 Å². The van der Waals surface area contributed by atoms with Crippen molar-refractivity contribution < 1.29 is 23.9 Å². The van der Waals surface area contributed by atoms with Crippen molar-refractivity contribution in [3.8, 4) is 11.5 Å². The Bertz CT molecular complexity index is 1100. The molecule has 2 aliphatic rings. The van der Waals surface area contributed by atoms with E-state index in [1.807, 2.05) is 0 Å². The van der Waals surface area contributed by atoms with Crippen molar-refractivity contribution >= 4 is 23.4 Å². The molecular weight excluding hydrogens is 410 g/mol. The molecule has 4 rings (SSSR count). The number of amides is 3. The summed E-state index contributed by atoms with van der Waals surface area (Å²) in [5.41, 5.74) is 2.07. The third kappa shape index (κ3) is 3.37. The van der Waals surface area contributed by atoms with Crippen LogP contribution in [0.2, 0.25) is 0 Å². The maximum absolute atomic E-state index is 13.6. The Labute approximate surface area is 186 Å². The van der Waals surface area contributed by atoms with Gasteiger partial charge in [-0.05, 0) is 24.6 Å². The molecule has 0 aromatic heterocycles. The number of carbonyl (C=O) groups excluding carboxylic acids is 3. The number of fused-ring (bicyclic) bond motifs is 5. The monoisotopic (exact) mass is 435 g/mol. The van der Waals surface area contributed by atoms with Crippen LogP contribution in [-0.2, 0) is 4.79 Å². The third-order valence-corrected chi connectivity index (χ3v) is 5.73. The van der Waals surface area contributed by atoms with Gasteiger partial charge in [0, 0.05) is 25.1 Å². The summed E-state index contributed by atoms with van der Waals surface area (Å²) in [5.74, 6) is 0.252. The quantitative estimate of drug-likeness (QED) is 0.644. The van der Waals surface area contributed by atoms with Gasteiger partial charge in [0.2, 0.25) is 5.91 Å². The van der Waals surface area contributed by atoms with Crippen LogP contribution in [0.4, 0.5) is 5.69 Å². The van der Waals surface area contributed by atoms with E-state index in [4.69, 9.17) is 9.47 Å². The summed E-state index contributed by atoms with van der Waals surface area (Å²) in [5, 5.41) is 2.74. The van der Waals surface area contributed by atoms with Crippen LogP contribution in [0.25, 0.3) is 0 Å². The summed E-state index contributed by atoms with van der Waals surface area (Å²) in [4.78, 5) is 42.3. The van der Waals surface area contributed by atoms with Crippen LogP contribution in [0.15, 0.2) is 49.1 Å². The zero-order chi connectivity index (χ0) is 22.8. The van der Waals surface area contributed by atoms with Gasteiger partial charge in [-0.1, -0.05) is 24.3 Å². The average Bonchev–Trinajstić information content (AvgIpc) is 3.11. The molecule has 0 aliphatic carbocycles. The normalized spacial score (nSPS) is 16.2. The van der Waals surface area contributed by atoms with Gasteiger partial charge in [-0.15, -0.1) is 6.58 Å². The Kier molecular flexibility index (Phi) is 5.85. The summed E-state index contributed by atoms with van der Waals surface area (Å²) >= 11 is 0. The molecular formula is C24H25N3O5. The van der Waals surface area contributed by atoms with Crippen molar-refractivity contribution in [2.24, 2.45) is 0 Å². The standard InChI is InChI=1S/C24H25N3O5/c1-4-13-25-19(28)10-7-14-26-22-16-11-12-18(31-2)21(32-3)20(16)24(30)27(22)17-9-6-5-8-15(17)23(26)29/h4-6,8-9,11-12,22H,1,7,10,13-14H2,2-3H3,(H,25,28)/t22-/m0/s1. The average molecular weight is 435 g/mol. The molecule has 0 fully saturated rings. The Balaban J connectivity index is 1.73. The van der Waals surface area contributed by atoms with Crippen molar-refractivity contribution in [1.82, 2.24) is 10.2 Å². The summed E-state index contributed by atoms with van der Waals surface area (Å²) in [7, 11) is 3.00. The van der Waals surface area contributed by atoms with Gasteiger partial charge >= 0.3 is 0 Å². The fourth-order valence-electron chi connectivity index (χ4n) is 4.34. The molecule has 0 spiro atoms. The van der Waals surface area contributed by atoms with Gasteiger partial charge in [-0.2, -0.15) is 0 Å². The number of nitrogens with one attached hydrogen (secondary N) is 1. The second kappa shape index (κ2) is 8.74. The molecule has 166 valence electrons. The number of carbonyl (C=O) groups is 3. The van der Waals surface area contributed by atoms with Crippen LogP contribution in [0.3, 0.4) is 0 Å². The number of methoxy groups -OCH3 is 2. The van der Waals surface area contributed by atoms with Gasteiger partial charge < -0.3 is 19.7 Å². The Morgan fingerprint density at radius 3 is 2.62 bits per heavy atom. The first kappa shape index (κ1) is 21.4. The Hall–Kier alpha value is -3.81. The lowest BCUT2D eigenvalue weighted by atomic mass is 10.0. The summed E-state index contributed by atoms with van der Waals surface area (Å²) in [6, 6.07) is 10.6. The molecule has 0 radical (unpaired) electrons. The molecule has 0 saturated heterocycles. The van der Waals surface area contributed by atoms with Crippen molar-refractivity contribution in [3.63, 3.8) is 0 Å². The van der Waals surface area contributed by atoms with Crippen LogP contribution in [-0.4, -0.2) is 49.9 Å². The van der Waals surface area contributed by atoms with Gasteiger partial charge in [0.05, 0.1) is 31.0 Å². The highest BCUT2D eigenvalue weighted by atomic mass is 16.5. The zero-order valence-electron chi connectivity index (χ0n) is 18.1. The van der Waals surface area contributed by atoms with E-state index in [1.54, 1.807) is 52.3 Å². The lowest BCUT2D eigenvalue weighted by Crippen LogP contribution is -2.48. The number of nitrogens with zero attached hydrogens (tertiary/aromatic N) is 2. The lowest BCUT2D eigenvalue weighted by Gasteiger charge is -2.41. The SMILES string of the molecule is C=CCNC(=O)CCCN1C(=O)c2ccccc2N2C(=O)c3c(ccc(OC)c3OC)[C@@H]12. The van der Waals surface area contributed by atoms with Crippen LogP contribution in [0.1, 0.15) is 45.3 Å². The van der Waals surface area contributed by atoms with Crippen LogP contribution in [0.5, 0.6) is 11.5 Å². The number of anilines is 1. The first-order valence-electron chi connectivity index (χ1n) is 10.4. The topological polar surface area (TPSA) is 88.2 Å². The minimum Gasteiger partial charge on any atom is -0.493 e. The highest BCUT2D eigenvalue weighted by Gasteiger charge is 2.49. The Morgan fingerprint density at radius 2 is 1.91 bits per heavy atom. The predicted octanol–water partition coefficient (Wildman–Crippen LogP) is 2.90. The molecule has 8 nitrogen and oxygen atoms in total. The molecule has 0 bridgehead atoms. The smallest absolute Gasteiger partial charge is 0.264 e. The molecule has 2 aromatic rings. The number of ether oxygens (including phenoxy) is 2. The van der Waals surface area contributed by atoms with Crippen molar-refractivity contribution in [2.75, 3.05) is 32.2 Å². The fraction of sp³-hybridized carbons (Fsp3) is 0.292. The lowest BCUT2D eigenvalue weighted by molar-refractivity contribution is -0.121. The van der Waals surface area contributed by atoms with Crippen molar-refractivity contribution in [2.45, 2.75) is 19.0 Å². The summed E-state index contributed by atoms with van der Waals surface area (Å²) < 4.78 is 10.9. The number of para-hydroxylation sites is 1. The maximum Gasteiger partial charge on any atom is 0.264 e. The highest BCUT2D eigenvalue weighted by Crippen LogP contribution is 2.49. The van der Waals surface area contributed by atoms with E-state index in [9.17, 15) is 14.4 Å². The molecule has 0 saturated carbocycles. The minimum absolute atomic E-state index is 0.110. The predicted molar refractivity (Wildman–Crippen MR) is 119 cm³/mol. The summed E-state index contributed by atoms with van der Waals surface area (Å²) in [6.07, 6.45) is 1.72. The van der Waals surface area contributed by atoms with Gasteiger partial charge in [-0.25, -0.2) is 0 Å². The second-order valence-corrected chi connectivity index (χ2v) is 7.53. The van der Waals surface area contributed by atoms with Gasteiger partial charge in [0.25, 0.3) is 11.8 Å². The van der Waals surface area contributed by atoms with E-state index < -0.39 is 6.17 Å². The van der Waals surface area contributed by atoms with E-state index in [0.717, 1.165) is 0 Å². The largest absolute Gasteiger partial charge is 0.493 e. The second-order valence-electron chi connectivity index (χ2n) is 7.53. The number of rotatable bonds is 8. The molecule has 0 unspecified atom stereocenters. The number of benzene rings is 2. The highest BCUT2D eigenvalue weighted by molar-refractivity contribution is 6.18. The van der Waals surface area contributed by atoms with E-state index in [0.29, 0.717) is 53.4 Å². The van der Waals surface area contributed by atoms with Crippen LogP contribution < -0.4 is 19.7 Å². The summed E-state index contributed by atoms with van der Waals surface area (Å²) in [6.45, 7) is 4.30. The van der Waals surface area contributed by atoms with E-state index >= 15 is 0 Å². The number of hydrogen-bond donors (Lipinski definition) is 1. The molecule has 2 aliphatic heterocycles. The van der Waals surface area contributed by atoms with E-state index in [2.05, 4.69) is 11.9 Å². The number of hydrogen-bond acceptors (Lipinski definition) is 5. The molecule has 3 amide bonds. The first-order chi connectivity index (χ1) is 15.5. The molecule has 8 heteroatoms.